The van der Waals surface area contributed by atoms with Crippen molar-refractivity contribution < 1.29 is 9.34 Å². The summed E-state index contributed by atoms with van der Waals surface area (Å²) < 4.78 is 5.50. The number of nitrogens with zero attached hydrogens (tertiary/aromatic N) is 2. The number of nitro groups is 1. The molecule has 0 saturated heterocycles. The van der Waals surface area contributed by atoms with Gasteiger partial charge in [-0.25, -0.2) is 4.98 Å². The minimum absolute atomic E-state index is 0.0214. The van der Waals surface area contributed by atoms with E-state index in [2.05, 4.69) is 10.3 Å². The summed E-state index contributed by atoms with van der Waals surface area (Å²) in [5.41, 5.74) is 0.960. The van der Waals surface area contributed by atoms with Gasteiger partial charge < -0.3 is 9.73 Å². The van der Waals surface area contributed by atoms with Crippen molar-refractivity contribution in [1.82, 2.24) is 10.3 Å². The van der Waals surface area contributed by atoms with Crippen molar-refractivity contribution in [3.05, 3.63) is 57.8 Å². The van der Waals surface area contributed by atoms with Crippen LogP contribution in [0.3, 0.4) is 0 Å². The first kappa shape index (κ1) is 14.2. The largest absolute Gasteiger partial charge is 0.444 e. The minimum Gasteiger partial charge on any atom is -0.444 e. The topological polar surface area (TPSA) is 81.2 Å². The fraction of sp³-hybridized carbons (Fsp3) is 0.357. The van der Waals surface area contributed by atoms with Gasteiger partial charge >= 0.3 is 0 Å². The minimum atomic E-state index is -0.391. The molecular formula is C14H17N3O3. The Morgan fingerprint density at radius 1 is 1.50 bits per heavy atom. The Morgan fingerprint density at radius 2 is 2.30 bits per heavy atom. The van der Waals surface area contributed by atoms with E-state index >= 15 is 0 Å². The molecule has 2 rings (SSSR count). The molecule has 2 aromatic rings. The maximum Gasteiger partial charge on any atom is 0.269 e. The molecule has 0 bridgehead atoms. The molecule has 0 saturated carbocycles. The summed E-state index contributed by atoms with van der Waals surface area (Å²) in [7, 11) is 0. The van der Waals surface area contributed by atoms with Crippen molar-refractivity contribution in [1.29, 1.82) is 0 Å². The number of aromatic nitrogens is 1. The highest BCUT2D eigenvalue weighted by Crippen LogP contribution is 2.19. The molecule has 0 aliphatic carbocycles. The molecule has 20 heavy (non-hydrogen) atoms. The smallest absolute Gasteiger partial charge is 0.269 e. The highest BCUT2D eigenvalue weighted by molar-refractivity contribution is 5.35. The van der Waals surface area contributed by atoms with E-state index in [0.29, 0.717) is 12.4 Å². The quantitative estimate of drug-likeness (QED) is 0.647. The SMILES string of the molecule is CCc1cnc(CNC(C)c2cccc([N+](=O)[O-])c2)o1. The summed E-state index contributed by atoms with van der Waals surface area (Å²) >= 11 is 0. The summed E-state index contributed by atoms with van der Waals surface area (Å²) in [6, 6.07) is 6.58. The van der Waals surface area contributed by atoms with Gasteiger partial charge in [0, 0.05) is 24.6 Å². The number of hydrogen-bond acceptors (Lipinski definition) is 5. The lowest BCUT2D eigenvalue weighted by atomic mass is 10.1. The van der Waals surface area contributed by atoms with Crippen LogP contribution in [0.5, 0.6) is 0 Å². The van der Waals surface area contributed by atoms with E-state index in [0.717, 1.165) is 17.7 Å². The molecule has 1 heterocycles. The van der Waals surface area contributed by atoms with Gasteiger partial charge in [-0.1, -0.05) is 19.1 Å². The van der Waals surface area contributed by atoms with Crippen LogP contribution in [0.1, 0.15) is 37.1 Å². The monoisotopic (exact) mass is 275 g/mol. The lowest BCUT2D eigenvalue weighted by Crippen LogP contribution is -2.18. The standard InChI is InChI=1S/C14H17N3O3/c1-3-13-8-16-14(20-13)9-15-10(2)11-5-4-6-12(7-11)17(18)19/h4-8,10,15H,3,9H2,1-2H3. The number of aryl methyl sites for hydroxylation is 1. The highest BCUT2D eigenvalue weighted by Gasteiger charge is 2.11. The molecule has 0 aliphatic heterocycles. The summed E-state index contributed by atoms with van der Waals surface area (Å²) in [6.45, 7) is 4.44. The average Bonchev–Trinajstić information content (AvgIpc) is 2.93. The zero-order valence-electron chi connectivity index (χ0n) is 11.5. The van der Waals surface area contributed by atoms with Gasteiger partial charge in [-0.3, -0.25) is 10.1 Å². The van der Waals surface area contributed by atoms with E-state index in [9.17, 15) is 10.1 Å². The first-order chi connectivity index (χ1) is 9.60. The van der Waals surface area contributed by atoms with Gasteiger partial charge in [0.05, 0.1) is 17.7 Å². The third-order valence-electron chi connectivity index (χ3n) is 3.09. The second-order valence-electron chi connectivity index (χ2n) is 4.53. The molecule has 106 valence electrons. The second kappa shape index (κ2) is 6.29. The Balaban J connectivity index is 1.99. The normalized spacial score (nSPS) is 12.3. The molecule has 0 aliphatic rings. The number of oxazole rings is 1. The van der Waals surface area contributed by atoms with E-state index in [1.807, 2.05) is 19.9 Å². The second-order valence-corrected chi connectivity index (χ2v) is 4.53. The van der Waals surface area contributed by atoms with E-state index < -0.39 is 4.92 Å². The summed E-state index contributed by atoms with van der Waals surface area (Å²) in [4.78, 5) is 14.5. The molecule has 1 aromatic carbocycles. The fourth-order valence-corrected chi connectivity index (χ4v) is 1.86. The van der Waals surface area contributed by atoms with Gasteiger partial charge in [-0.15, -0.1) is 0 Å². The van der Waals surface area contributed by atoms with Crippen LogP contribution in [0.2, 0.25) is 0 Å². The predicted molar refractivity (Wildman–Crippen MR) is 74.2 cm³/mol. The Hall–Kier alpha value is -2.21. The first-order valence-electron chi connectivity index (χ1n) is 6.51. The molecule has 0 spiro atoms. The molecule has 1 N–H and O–H groups in total. The molecule has 1 unspecified atom stereocenters. The molecule has 1 aromatic heterocycles. The van der Waals surface area contributed by atoms with Gasteiger partial charge in [0.25, 0.3) is 5.69 Å². The van der Waals surface area contributed by atoms with Crippen LogP contribution in [0, 0.1) is 10.1 Å². The summed E-state index contributed by atoms with van der Waals surface area (Å²) in [6.07, 6.45) is 2.53. The Kier molecular flexibility index (Phi) is 4.47. The average molecular weight is 275 g/mol. The van der Waals surface area contributed by atoms with Crippen LogP contribution in [0.4, 0.5) is 5.69 Å². The number of rotatable bonds is 6. The van der Waals surface area contributed by atoms with Gasteiger partial charge in [-0.05, 0) is 12.5 Å². The van der Waals surface area contributed by atoms with Crippen LogP contribution in [-0.2, 0) is 13.0 Å². The molecule has 6 heteroatoms. The number of benzene rings is 1. The maximum atomic E-state index is 10.8. The van der Waals surface area contributed by atoms with E-state index in [1.54, 1.807) is 18.3 Å². The van der Waals surface area contributed by atoms with Crippen LogP contribution in [0.15, 0.2) is 34.9 Å². The molecule has 1 atom stereocenters. The van der Waals surface area contributed by atoms with Crippen molar-refractivity contribution >= 4 is 5.69 Å². The van der Waals surface area contributed by atoms with E-state index in [4.69, 9.17) is 4.42 Å². The molecular weight excluding hydrogens is 258 g/mol. The van der Waals surface area contributed by atoms with Crippen molar-refractivity contribution in [2.75, 3.05) is 0 Å². The van der Waals surface area contributed by atoms with Crippen molar-refractivity contribution in [2.45, 2.75) is 32.9 Å². The summed E-state index contributed by atoms with van der Waals surface area (Å²) in [5, 5.41) is 14.0. The van der Waals surface area contributed by atoms with Gasteiger partial charge in [-0.2, -0.15) is 0 Å². The van der Waals surface area contributed by atoms with Crippen LogP contribution >= 0.6 is 0 Å². The number of non-ortho nitro benzene ring substituents is 1. The zero-order valence-corrected chi connectivity index (χ0v) is 11.5. The van der Waals surface area contributed by atoms with Gasteiger partial charge in [0.15, 0.2) is 0 Å². The van der Waals surface area contributed by atoms with E-state index in [-0.39, 0.29) is 11.7 Å². The van der Waals surface area contributed by atoms with Crippen molar-refractivity contribution in [3.63, 3.8) is 0 Å². The molecule has 0 radical (unpaired) electrons. The van der Waals surface area contributed by atoms with Crippen LogP contribution in [0.25, 0.3) is 0 Å². The predicted octanol–water partition coefficient (Wildman–Crippen LogP) is 3.00. The van der Waals surface area contributed by atoms with Crippen LogP contribution < -0.4 is 5.32 Å². The number of nitro benzene ring substituents is 1. The Labute approximate surface area is 117 Å². The Morgan fingerprint density at radius 3 is 2.95 bits per heavy atom. The van der Waals surface area contributed by atoms with Crippen molar-refractivity contribution in [3.8, 4) is 0 Å². The lowest BCUT2D eigenvalue weighted by molar-refractivity contribution is -0.384. The summed E-state index contributed by atoms with van der Waals surface area (Å²) in [5.74, 6) is 1.48. The third kappa shape index (κ3) is 3.42. The lowest BCUT2D eigenvalue weighted by Gasteiger charge is -2.12. The molecule has 0 fully saturated rings. The van der Waals surface area contributed by atoms with E-state index in [1.165, 1.54) is 6.07 Å². The van der Waals surface area contributed by atoms with Crippen molar-refractivity contribution in [2.24, 2.45) is 0 Å². The zero-order chi connectivity index (χ0) is 14.5. The maximum absolute atomic E-state index is 10.8. The molecule has 0 amide bonds. The number of nitrogens with one attached hydrogen (secondary N) is 1. The first-order valence-corrected chi connectivity index (χ1v) is 6.51. The molecule has 6 nitrogen and oxygen atoms in total. The van der Waals surface area contributed by atoms with Gasteiger partial charge in [0.2, 0.25) is 5.89 Å². The van der Waals surface area contributed by atoms with Gasteiger partial charge in [0.1, 0.15) is 5.76 Å². The third-order valence-corrected chi connectivity index (χ3v) is 3.09. The Bertz CT molecular complexity index is 595. The van der Waals surface area contributed by atoms with Crippen LogP contribution in [-0.4, -0.2) is 9.91 Å². The number of hydrogen-bond donors (Lipinski definition) is 1. The highest BCUT2D eigenvalue weighted by atomic mass is 16.6. The fourth-order valence-electron chi connectivity index (χ4n) is 1.86.